The second-order valence-corrected chi connectivity index (χ2v) is 5.29. The predicted molar refractivity (Wildman–Crippen MR) is 96.6 cm³/mol. The molecule has 0 atom stereocenters. The zero-order valence-corrected chi connectivity index (χ0v) is 12.8. The quantitative estimate of drug-likeness (QED) is 0.426. The molecule has 0 spiro atoms. The molecule has 3 aromatic rings. The summed E-state index contributed by atoms with van der Waals surface area (Å²) in [6.07, 6.45) is 0. The van der Waals surface area contributed by atoms with Crippen molar-refractivity contribution in [3.8, 4) is 0 Å². The maximum atomic E-state index is 10.9. The minimum atomic E-state index is -0.416. The van der Waals surface area contributed by atoms with Gasteiger partial charge in [0.05, 0.1) is 4.92 Å². The summed E-state index contributed by atoms with van der Waals surface area (Å²) in [6, 6.07) is 21.2. The molecule has 120 valence electrons. The van der Waals surface area contributed by atoms with Crippen LogP contribution in [0.4, 0.5) is 34.1 Å². The number of hydrogen-bond donors (Lipinski definition) is 2. The number of nitrogens with zero attached hydrogens (tertiary/aromatic N) is 2. The van der Waals surface area contributed by atoms with E-state index in [1.807, 2.05) is 53.4 Å². The van der Waals surface area contributed by atoms with Crippen molar-refractivity contribution in [2.45, 2.75) is 0 Å². The fraction of sp³-hybridized carbons (Fsp3) is 0. The molecule has 0 heterocycles. The number of nitro benzene ring substituents is 1. The number of non-ortho nitro benzene ring substituents is 1. The zero-order chi connectivity index (χ0) is 17.1. The molecule has 0 aliphatic rings. The Bertz CT molecular complexity index is 798. The second kappa shape index (κ2) is 6.29. The van der Waals surface area contributed by atoms with Crippen LogP contribution in [-0.2, 0) is 0 Å². The van der Waals surface area contributed by atoms with E-state index in [2.05, 4.69) is 0 Å². The van der Waals surface area contributed by atoms with E-state index >= 15 is 0 Å². The third-order valence-corrected chi connectivity index (χ3v) is 3.62. The lowest BCUT2D eigenvalue weighted by Gasteiger charge is -2.25. The van der Waals surface area contributed by atoms with E-state index < -0.39 is 4.92 Å². The van der Waals surface area contributed by atoms with Crippen LogP contribution in [0.15, 0.2) is 72.8 Å². The summed E-state index contributed by atoms with van der Waals surface area (Å²) in [6.45, 7) is 0. The van der Waals surface area contributed by atoms with Crippen molar-refractivity contribution in [1.29, 1.82) is 0 Å². The average Bonchev–Trinajstić information content (AvgIpc) is 2.59. The van der Waals surface area contributed by atoms with Crippen LogP contribution in [0, 0.1) is 10.1 Å². The highest BCUT2D eigenvalue weighted by Crippen LogP contribution is 2.35. The molecule has 0 unspecified atom stereocenters. The molecule has 3 aromatic carbocycles. The van der Waals surface area contributed by atoms with Gasteiger partial charge in [-0.1, -0.05) is 0 Å². The Morgan fingerprint density at radius 3 is 1.33 bits per heavy atom. The van der Waals surface area contributed by atoms with Gasteiger partial charge in [0, 0.05) is 40.6 Å². The monoisotopic (exact) mass is 320 g/mol. The topological polar surface area (TPSA) is 98.4 Å². The minimum Gasteiger partial charge on any atom is -0.399 e. The molecule has 6 heteroatoms. The molecule has 0 saturated heterocycles. The average molecular weight is 320 g/mol. The fourth-order valence-electron chi connectivity index (χ4n) is 2.42. The molecule has 0 radical (unpaired) electrons. The third-order valence-electron chi connectivity index (χ3n) is 3.62. The van der Waals surface area contributed by atoms with Crippen LogP contribution in [-0.4, -0.2) is 4.92 Å². The summed E-state index contributed by atoms with van der Waals surface area (Å²) in [7, 11) is 0. The van der Waals surface area contributed by atoms with Crippen molar-refractivity contribution in [3.05, 3.63) is 82.9 Å². The summed E-state index contributed by atoms with van der Waals surface area (Å²) >= 11 is 0. The van der Waals surface area contributed by atoms with Gasteiger partial charge in [-0.05, 0) is 60.7 Å². The van der Waals surface area contributed by atoms with Crippen LogP contribution in [0.3, 0.4) is 0 Å². The second-order valence-electron chi connectivity index (χ2n) is 5.29. The van der Waals surface area contributed by atoms with E-state index in [1.54, 1.807) is 12.1 Å². The molecule has 0 amide bonds. The summed E-state index contributed by atoms with van der Waals surface area (Å²) in [4.78, 5) is 12.4. The Labute approximate surface area is 139 Å². The first-order chi connectivity index (χ1) is 11.5. The van der Waals surface area contributed by atoms with Crippen LogP contribution >= 0.6 is 0 Å². The normalized spacial score (nSPS) is 10.3. The van der Waals surface area contributed by atoms with Crippen LogP contribution in [0.5, 0.6) is 0 Å². The van der Waals surface area contributed by atoms with Gasteiger partial charge in [-0.25, -0.2) is 0 Å². The van der Waals surface area contributed by atoms with Crippen LogP contribution < -0.4 is 16.4 Å². The number of rotatable bonds is 4. The van der Waals surface area contributed by atoms with Crippen molar-refractivity contribution in [1.82, 2.24) is 0 Å². The first-order valence-electron chi connectivity index (χ1n) is 7.30. The number of nitrogens with two attached hydrogens (primary N) is 2. The first-order valence-corrected chi connectivity index (χ1v) is 7.30. The molecule has 24 heavy (non-hydrogen) atoms. The Morgan fingerprint density at radius 1 is 0.667 bits per heavy atom. The molecule has 0 aromatic heterocycles. The fourth-order valence-corrected chi connectivity index (χ4v) is 2.42. The first kappa shape index (κ1) is 15.4. The molecule has 0 saturated carbocycles. The van der Waals surface area contributed by atoms with Gasteiger partial charge in [-0.3, -0.25) is 10.1 Å². The van der Waals surface area contributed by atoms with Gasteiger partial charge in [0.15, 0.2) is 0 Å². The molecule has 0 aliphatic carbocycles. The smallest absolute Gasteiger partial charge is 0.269 e. The molecule has 0 aliphatic heterocycles. The van der Waals surface area contributed by atoms with E-state index in [4.69, 9.17) is 11.5 Å². The molecule has 6 nitrogen and oxygen atoms in total. The highest BCUT2D eigenvalue weighted by molar-refractivity contribution is 5.78. The molecular formula is C18H16N4O2. The van der Waals surface area contributed by atoms with E-state index in [0.717, 1.165) is 17.1 Å². The largest absolute Gasteiger partial charge is 0.399 e. The van der Waals surface area contributed by atoms with Crippen LogP contribution in [0.25, 0.3) is 0 Å². The Hall–Kier alpha value is -3.54. The zero-order valence-electron chi connectivity index (χ0n) is 12.8. The standard InChI is InChI=1S/C18H16N4O2/c19-13-1-5-15(6-2-13)21(16-7-3-14(20)4-8-16)17-9-11-18(12-10-17)22(23)24/h1-12H,19-20H2. The molecule has 0 fully saturated rings. The lowest BCUT2D eigenvalue weighted by atomic mass is 10.1. The maximum absolute atomic E-state index is 10.9. The van der Waals surface area contributed by atoms with E-state index in [9.17, 15) is 10.1 Å². The summed E-state index contributed by atoms with van der Waals surface area (Å²) in [5.74, 6) is 0. The summed E-state index contributed by atoms with van der Waals surface area (Å²) in [5.41, 5.74) is 15.5. The van der Waals surface area contributed by atoms with Gasteiger partial charge >= 0.3 is 0 Å². The Balaban J connectivity index is 2.08. The molecule has 0 bridgehead atoms. The summed E-state index contributed by atoms with van der Waals surface area (Å²) in [5, 5.41) is 10.9. The van der Waals surface area contributed by atoms with Crippen molar-refractivity contribution >= 4 is 34.1 Å². The van der Waals surface area contributed by atoms with Crippen molar-refractivity contribution in [2.24, 2.45) is 0 Å². The Kier molecular flexibility index (Phi) is 4.03. The minimum absolute atomic E-state index is 0.0494. The summed E-state index contributed by atoms with van der Waals surface area (Å²) < 4.78 is 0. The number of nitro groups is 1. The highest BCUT2D eigenvalue weighted by atomic mass is 16.6. The van der Waals surface area contributed by atoms with Gasteiger partial charge in [0.25, 0.3) is 5.69 Å². The van der Waals surface area contributed by atoms with E-state index in [1.165, 1.54) is 12.1 Å². The van der Waals surface area contributed by atoms with E-state index in [-0.39, 0.29) is 5.69 Å². The van der Waals surface area contributed by atoms with Crippen LogP contribution in [0.1, 0.15) is 0 Å². The van der Waals surface area contributed by atoms with Crippen molar-refractivity contribution in [2.75, 3.05) is 16.4 Å². The molecule has 4 N–H and O–H groups in total. The van der Waals surface area contributed by atoms with E-state index in [0.29, 0.717) is 11.4 Å². The highest BCUT2D eigenvalue weighted by Gasteiger charge is 2.14. The number of hydrogen-bond acceptors (Lipinski definition) is 5. The lowest BCUT2D eigenvalue weighted by molar-refractivity contribution is -0.384. The van der Waals surface area contributed by atoms with Gasteiger partial charge in [-0.15, -0.1) is 0 Å². The Morgan fingerprint density at radius 2 is 1.00 bits per heavy atom. The number of benzene rings is 3. The predicted octanol–water partition coefficient (Wildman–Crippen LogP) is 4.23. The van der Waals surface area contributed by atoms with Crippen molar-refractivity contribution in [3.63, 3.8) is 0 Å². The maximum Gasteiger partial charge on any atom is 0.269 e. The number of nitrogen functional groups attached to an aromatic ring is 2. The third kappa shape index (κ3) is 3.12. The van der Waals surface area contributed by atoms with Gasteiger partial charge in [0.1, 0.15) is 0 Å². The van der Waals surface area contributed by atoms with Crippen molar-refractivity contribution < 1.29 is 4.92 Å². The SMILES string of the molecule is Nc1ccc(N(c2ccc(N)cc2)c2ccc([N+](=O)[O-])cc2)cc1. The van der Waals surface area contributed by atoms with Crippen LogP contribution in [0.2, 0.25) is 0 Å². The lowest BCUT2D eigenvalue weighted by Crippen LogP contribution is -2.10. The number of anilines is 5. The van der Waals surface area contributed by atoms with Gasteiger partial charge in [-0.2, -0.15) is 0 Å². The molecule has 3 rings (SSSR count). The van der Waals surface area contributed by atoms with Gasteiger partial charge in [0.2, 0.25) is 0 Å². The molecular weight excluding hydrogens is 304 g/mol. The van der Waals surface area contributed by atoms with Gasteiger partial charge < -0.3 is 16.4 Å².